The molecule has 1 aliphatic carbocycles. The van der Waals surface area contributed by atoms with E-state index in [2.05, 4.69) is 27.4 Å². The number of likely N-dealkylation sites (tertiary alicyclic amines) is 1. The largest absolute Gasteiger partial charge is 0.356 e. The first kappa shape index (κ1) is 20.7. The third-order valence-electron chi connectivity index (χ3n) is 5.70. The molecule has 2 N–H and O–H groups in total. The minimum atomic E-state index is -0.670. The Hall–Kier alpha value is -0.620. The van der Waals surface area contributed by atoms with Crippen LogP contribution in [0.4, 0.5) is 0 Å². The Kier molecular flexibility index (Phi) is 9.24. The van der Waals surface area contributed by atoms with E-state index in [-0.39, 0.29) is 0 Å². The second kappa shape index (κ2) is 11.2. The monoisotopic (exact) mass is 370 g/mol. The van der Waals surface area contributed by atoms with Gasteiger partial charge in [-0.05, 0) is 52.0 Å². The molecule has 4 atom stereocenters. The van der Waals surface area contributed by atoms with Crippen molar-refractivity contribution in [3.8, 4) is 0 Å². The van der Waals surface area contributed by atoms with Gasteiger partial charge in [-0.15, -0.1) is 0 Å². The lowest BCUT2D eigenvalue weighted by Crippen LogP contribution is -2.47. The molecule has 0 aromatic carbocycles. The average Bonchev–Trinajstić information content (AvgIpc) is 2.65. The third-order valence-corrected chi connectivity index (χ3v) is 7.44. The van der Waals surface area contributed by atoms with E-state index in [1.165, 1.54) is 32.4 Å². The minimum Gasteiger partial charge on any atom is -0.356 e. The Balaban J connectivity index is 1.67. The number of hydrogen-bond donors (Lipinski definition) is 2. The molecule has 1 heterocycles. The molecule has 0 spiro atoms. The Morgan fingerprint density at radius 2 is 2.08 bits per heavy atom. The maximum Gasteiger partial charge on any atom is 0.191 e. The molecule has 146 valence electrons. The second-order valence-corrected chi connectivity index (χ2v) is 9.54. The van der Waals surface area contributed by atoms with Gasteiger partial charge in [0.25, 0.3) is 0 Å². The molecule has 6 heteroatoms. The van der Waals surface area contributed by atoms with E-state index in [0.717, 1.165) is 56.4 Å². The van der Waals surface area contributed by atoms with E-state index >= 15 is 0 Å². The molecule has 0 aromatic rings. The first-order valence-electron chi connectivity index (χ1n) is 10.2. The first-order valence-corrected chi connectivity index (χ1v) is 11.6. The molecular formula is C19H38N4OS. The van der Waals surface area contributed by atoms with Gasteiger partial charge in [0, 0.05) is 54.0 Å². The zero-order valence-electron chi connectivity index (χ0n) is 16.4. The maximum atomic E-state index is 12.1. The highest BCUT2D eigenvalue weighted by molar-refractivity contribution is 7.85. The van der Waals surface area contributed by atoms with Crippen molar-refractivity contribution in [1.29, 1.82) is 0 Å². The Morgan fingerprint density at radius 1 is 1.24 bits per heavy atom. The van der Waals surface area contributed by atoms with E-state index in [4.69, 9.17) is 0 Å². The van der Waals surface area contributed by atoms with Crippen LogP contribution in [0.3, 0.4) is 0 Å². The topological polar surface area (TPSA) is 56.7 Å². The highest BCUT2D eigenvalue weighted by atomic mass is 32.2. The van der Waals surface area contributed by atoms with Crippen molar-refractivity contribution in [3.63, 3.8) is 0 Å². The van der Waals surface area contributed by atoms with E-state index in [9.17, 15) is 4.21 Å². The summed E-state index contributed by atoms with van der Waals surface area (Å²) in [6.45, 7) is 7.77. The lowest BCUT2D eigenvalue weighted by atomic mass is 9.95. The first-order chi connectivity index (χ1) is 12.1. The number of hydrogen-bond acceptors (Lipinski definition) is 3. The van der Waals surface area contributed by atoms with Gasteiger partial charge in [-0.1, -0.05) is 19.8 Å². The fourth-order valence-electron chi connectivity index (χ4n) is 4.12. The Labute approximate surface area is 156 Å². The predicted molar refractivity (Wildman–Crippen MR) is 109 cm³/mol. The van der Waals surface area contributed by atoms with Gasteiger partial charge in [0.05, 0.1) is 0 Å². The lowest BCUT2D eigenvalue weighted by Gasteiger charge is -2.33. The smallest absolute Gasteiger partial charge is 0.191 e. The molecule has 0 bridgehead atoms. The summed E-state index contributed by atoms with van der Waals surface area (Å²) in [5, 5.41) is 7.37. The third kappa shape index (κ3) is 6.89. The molecule has 0 amide bonds. The van der Waals surface area contributed by atoms with Crippen LogP contribution in [0.15, 0.2) is 4.99 Å². The highest BCUT2D eigenvalue weighted by Gasteiger charge is 2.26. The number of guanidine groups is 1. The van der Waals surface area contributed by atoms with Gasteiger partial charge in [0.1, 0.15) is 0 Å². The number of nitrogens with one attached hydrogen (secondary N) is 2. The predicted octanol–water partition coefficient (Wildman–Crippen LogP) is 2.50. The van der Waals surface area contributed by atoms with Crippen molar-refractivity contribution in [2.45, 2.75) is 82.5 Å². The fraction of sp³-hybridized carbons (Fsp3) is 0.947. The molecule has 2 rings (SSSR count). The quantitative estimate of drug-likeness (QED) is 0.411. The molecule has 1 saturated carbocycles. The van der Waals surface area contributed by atoms with Crippen molar-refractivity contribution in [2.24, 2.45) is 4.99 Å². The Morgan fingerprint density at radius 3 is 2.80 bits per heavy atom. The summed E-state index contributed by atoms with van der Waals surface area (Å²) in [5.41, 5.74) is 0. The van der Waals surface area contributed by atoms with Crippen LogP contribution in [0, 0.1) is 0 Å². The summed E-state index contributed by atoms with van der Waals surface area (Å²) in [6.07, 6.45) is 9.67. The summed E-state index contributed by atoms with van der Waals surface area (Å²) in [4.78, 5) is 6.99. The summed E-state index contributed by atoms with van der Waals surface area (Å²) in [5.74, 6) is 1.68. The van der Waals surface area contributed by atoms with Gasteiger partial charge in [-0.2, -0.15) is 0 Å². The van der Waals surface area contributed by atoms with Crippen LogP contribution in [0.5, 0.6) is 0 Å². The van der Waals surface area contributed by atoms with Crippen molar-refractivity contribution in [2.75, 3.05) is 32.4 Å². The van der Waals surface area contributed by atoms with Gasteiger partial charge in [0.15, 0.2) is 5.96 Å². The van der Waals surface area contributed by atoms with E-state index in [1.807, 2.05) is 14.0 Å². The fourth-order valence-corrected chi connectivity index (χ4v) is 5.47. The zero-order valence-corrected chi connectivity index (χ0v) is 17.2. The van der Waals surface area contributed by atoms with E-state index in [0.29, 0.717) is 11.3 Å². The summed E-state index contributed by atoms with van der Waals surface area (Å²) in [6, 6.07) is 1.15. The number of piperidine rings is 1. The summed E-state index contributed by atoms with van der Waals surface area (Å²) < 4.78 is 12.1. The van der Waals surface area contributed by atoms with Gasteiger partial charge in [-0.3, -0.25) is 9.20 Å². The zero-order chi connectivity index (χ0) is 18.1. The molecule has 2 fully saturated rings. The lowest BCUT2D eigenvalue weighted by molar-refractivity contribution is 0.159. The molecule has 2 aliphatic rings. The number of aliphatic imine (C=N–C) groups is 1. The maximum absolute atomic E-state index is 12.1. The molecular weight excluding hydrogens is 332 g/mol. The van der Waals surface area contributed by atoms with Crippen LogP contribution in [-0.2, 0) is 10.8 Å². The molecule has 1 saturated heterocycles. The Bertz CT molecular complexity index is 443. The molecule has 5 nitrogen and oxygen atoms in total. The standard InChI is InChI=1S/C19H38N4OS/c1-4-25(24)18-11-7-10-17(15-18)22-19(20-3)21-12-8-14-23-13-6-5-9-16(23)2/h16-18H,4-15H2,1-3H3,(H2,20,21,22). The van der Waals surface area contributed by atoms with Crippen molar-refractivity contribution < 1.29 is 4.21 Å². The van der Waals surface area contributed by atoms with Crippen LogP contribution in [-0.4, -0.2) is 64.8 Å². The van der Waals surface area contributed by atoms with Crippen molar-refractivity contribution in [3.05, 3.63) is 0 Å². The number of rotatable bonds is 7. The molecule has 0 radical (unpaired) electrons. The van der Waals surface area contributed by atoms with Crippen molar-refractivity contribution >= 4 is 16.8 Å². The van der Waals surface area contributed by atoms with Crippen LogP contribution in [0.2, 0.25) is 0 Å². The summed E-state index contributed by atoms with van der Waals surface area (Å²) in [7, 11) is 1.17. The van der Waals surface area contributed by atoms with Gasteiger partial charge in [0.2, 0.25) is 0 Å². The van der Waals surface area contributed by atoms with Crippen molar-refractivity contribution in [1.82, 2.24) is 15.5 Å². The van der Waals surface area contributed by atoms with Crippen LogP contribution in [0.25, 0.3) is 0 Å². The van der Waals surface area contributed by atoms with Gasteiger partial charge >= 0.3 is 0 Å². The van der Waals surface area contributed by atoms with Crippen LogP contribution >= 0.6 is 0 Å². The summed E-state index contributed by atoms with van der Waals surface area (Å²) >= 11 is 0. The normalized spacial score (nSPS) is 30.0. The molecule has 1 aliphatic heterocycles. The molecule has 4 unspecified atom stereocenters. The molecule has 0 aromatic heterocycles. The molecule has 25 heavy (non-hydrogen) atoms. The highest BCUT2D eigenvalue weighted by Crippen LogP contribution is 2.23. The van der Waals surface area contributed by atoms with Crippen LogP contribution < -0.4 is 10.6 Å². The van der Waals surface area contributed by atoms with Gasteiger partial charge in [-0.25, -0.2) is 0 Å². The average molecular weight is 371 g/mol. The second-order valence-electron chi connectivity index (χ2n) is 7.53. The SMILES string of the molecule is CCS(=O)C1CCCC(NC(=NC)NCCCN2CCCCC2C)C1. The van der Waals surface area contributed by atoms with E-state index < -0.39 is 10.8 Å². The van der Waals surface area contributed by atoms with Crippen LogP contribution in [0.1, 0.15) is 65.2 Å². The van der Waals surface area contributed by atoms with Gasteiger partial charge < -0.3 is 15.5 Å². The van der Waals surface area contributed by atoms with E-state index in [1.54, 1.807) is 0 Å². The number of nitrogens with zero attached hydrogens (tertiary/aromatic N) is 2. The minimum absolute atomic E-state index is 0.356.